The second-order valence-electron chi connectivity index (χ2n) is 3.94. The minimum Gasteiger partial charge on any atom is -0.479 e. The summed E-state index contributed by atoms with van der Waals surface area (Å²) in [5.41, 5.74) is 0. The second-order valence-corrected chi connectivity index (χ2v) is 4.79. The maximum atomic E-state index is 10.9. The lowest BCUT2D eigenvalue weighted by atomic mass is 10.1. The van der Waals surface area contributed by atoms with Crippen molar-refractivity contribution in [1.29, 1.82) is 0 Å². The van der Waals surface area contributed by atoms with E-state index in [0.717, 1.165) is 15.2 Å². The van der Waals surface area contributed by atoms with Gasteiger partial charge < -0.3 is 15.2 Å². The summed E-state index contributed by atoms with van der Waals surface area (Å²) < 4.78 is 5.84. The van der Waals surface area contributed by atoms with Crippen molar-refractivity contribution in [1.82, 2.24) is 4.98 Å². The largest absolute Gasteiger partial charge is 0.479 e. The van der Waals surface area contributed by atoms with E-state index >= 15 is 0 Å². The summed E-state index contributed by atoms with van der Waals surface area (Å²) in [6, 6.07) is 7.68. The number of aromatic nitrogens is 1. The topological polar surface area (TPSA) is 71.5 Å². The molecule has 0 saturated carbocycles. The molecule has 0 saturated heterocycles. The number of nitrogens with one attached hydrogen (secondary N) is 1. The molecule has 6 heteroatoms. The number of carbonyl (C=O) groups is 1. The summed E-state index contributed by atoms with van der Waals surface area (Å²) in [7, 11) is 1.37. The van der Waals surface area contributed by atoms with E-state index in [1.165, 1.54) is 7.11 Å². The van der Waals surface area contributed by atoms with Gasteiger partial charge in [-0.25, -0.2) is 9.78 Å². The van der Waals surface area contributed by atoms with Crippen LogP contribution in [0.3, 0.4) is 0 Å². The minimum absolute atomic E-state index is 0.157. The molecule has 0 aliphatic heterocycles. The summed E-state index contributed by atoms with van der Waals surface area (Å²) in [5, 5.41) is 13.9. The van der Waals surface area contributed by atoms with Crippen molar-refractivity contribution >= 4 is 38.5 Å². The van der Waals surface area contributed by atoms with Crippen LogP contribution in [-0.4, -0.2) is 35.8 Å². The second kappa shape index (κ2) is 5.99. The first-order chi connectivity index (χ1) is 9.13. The van der Waals surface area contributed by atoms with Crippen LogP contribution in [0.5, 0.6) is 0 Å². The lowest BCUT2D eigenvalue weighted by Gasteiger charge is -2.13. The third kappa shape index (κ3) is 3.02. The summed E-state index contributed by atoms with van der Waals surface area (Å²) in [6.45, 7) is 0.157. The van der Waals surface area contributed by atoms with Gasteiger partial charge in [0.15, 0.2) is 6.10 Å². The molecular formula is C13H13BrN2O3. The van der Waals surface area contributed by atoms with E-state index < -0.39 is 12.1 Å². The number of ether oxygens (including phenoxy) is 1. The highest BCUT2D eigenvalue weighted by Crippen LogP contribution is 2.27. The average molecular weight is 325 g/mol. The number of aliphatic carboxylic acids is 1. The number of hydrogen-bond donors (Lipinski definition) is 2. The van der Waals surface area contributed by atoms with Crippen LogP contribution >= 0.6 is 15.9 Å². The molecule has 19 heavy (non-hydrogen) atoms. The first kappa shape index (κ1) is 13.8. The standard InChI is InChI=1S/C13H13BrN2O3/c1-19-11(13(17)18)7-16-12-9-3-2-4-10(14)8(9)5-6-15-12/h2-6,11H,7H2,1H3,(H,15,16)(H,17,18). The Kier molecular flexibility index (Phi) is 4.34. The van der Waals surface area contributed by atoms with Crippen molar-refractivity contribution < 1.29 is 14.6 Å². The molecule has 2 N–H and O–H groups in total. The summed E-state index contributed by atoms with van der Waals surface area (Å²) >= 11 is 3.47. The van der Waals surface area contributed by atoms with Gasteiger partial charge in [0.1, 0.15) is 5.82 Å². The van der Waals surface area contributed by atoms with Gasteiger partial charge in [-0.2, -0.15) is 0 Å². The number of pyridine rings is 1. The quantitative estimate of drug-likeness (QED) is 0.884. The monoisotopic (exact) mass is 324 g/mol. The van der Waals surface area contributed by atoms with Gasteiger partial charge in [0.05, 0.1) is 6.54 Å². The van der Waals surface area contributed by atoms with E-state index in [2.05, 4.69) is 26.2 Å². The number of rotatable bonds is 5. The first-order valence-corrected chi connectivity index (χ1v) is 6.45. The highest BCUT2D eigenvalue weighted by Gasteiger charge is 2.16. The van der Waals surface area contributed by atoms with Crippen LogP contribution < -0.4 is 5.32 Å². The lowest BCUT2D eigenvalue weighted by Crippen LogP contribution is -2.30. The zero-order valence-electron chi connectivity index (χ0n) is 10.3. The zero-order chi connectivity index (χ0) is 13.8. The molecule has 100 valence electrons. The molecule has 2 aromatic rings. The number of methoxy groups -OCH3 is 1. The Balaban J connectivity index is 2.26. The molecule has 0 amide bonds. The number of benzene rings is 1. The van der Waals surface area contributed by atoms with Crippen LogP contribution in [-0.2, 0) is 9.53 Å². The fourth-order valence-corrected chi connectivity index (χ4v) is 2.27. The minimum atomic E-state index is -1.00. The third-order valence-electron chi connectivity index (χ3n) is 2.77. The molecule has 1 heterocycles. The van der Waals surface area contributed by atoms with Crippen molar-refractivity contribution in [2.75, 3.05) is 19.0 Å². The van der Waals surface area contributed by atoms with Gasteiger partial charge in [-0.1, -0.05) is 28.1 Å². The van der Waals surface area contributed by atoms with Gasteiger partial charge in [0, 0.05) is 28.6 Å². The van der Waals surface area contributed by atoms with Crippen LogP contribution in [0.4, 0.5) is 5.82 Å². The predicted molar refractivity (Wildman–Crippen MR) is 76.4 cm³/mol. The van der Waals surface area contributed by atoms with Gasteiger partial charge >= 0.3 is 5.97 Å². The van der Waals surface area contributed by atoms with Crippen LogP contribution in [0, 0.1) is 0 Å². The SMILES string of the molecule is COC(CNc1nccc2c(Br)cccc12)C(=O)O. The summed E-state index contributed by atoms with van der Waals surface area (Å²) in [6.07, 6.45) is 0.780. The van der Waals surface area contributed by atoms with Gasteiger partial charge in [0.25, 0.3) is 0 Å². The molecule has 1 unspecified atom stereocenters. The lowest BCUT2D eigenvalue weighted by molar-refractivity contribution is -0.147. The molecular weight excluding hydrogens is 312 g/mol. The molecule has 1 aromatic heterocycles. The van der Waals surface area contributed by atoms with Crippen molar-refractivity contribution in [3.63, 3.8) is 0 Å². The molecule has 1 atom stereocenters. The van der Waals surface area contributed by atoms with Crippen LogP contribution in [0.2, 0.25) is 0 Å². The Bertz CT molecular complexity index is 603. The molecule has 0 fully saturated rings. The molecule has 1 aromatic carbocycles. The van der Waals surface area contributed by atoms with E-state index in [0.29, 0.717) is 5.82 Å². The van der Waals surface area contributed by atoms with E-state index in [1.54, 1.807) is 6.20 Å². The molecule has 0 bridgehead atoms. The van der Waals surface area contributed by atoms with Crippen molar-refractivity contribution in [3.8, 4) is 0 Å². The smallest absolute Gasteiger partial charge is 0.334 e. The number of hydrogen-bond acceptors (Lipinski definition) is 4. The predicted octanol–water partition coefficient (Wildman–Crippen LogP) is 2.51. The third-order valence-corrected chi connectivity index (χ3v) is 3.46. The molecule has 0 aliphatic rings. The average Bonchev–Trinajstić information content (AvgIpc) is 2.40. The highest BCUT2D eigenvalue weighted by molar-refractivity contribution is 9.10. The number of fused-ring (bicyclic) bond motifs is 1. The maximum Gasteiger partial charge on any atom is 0.334 e. The van der Waals surface area contributed by atoms with E-state index in [9.17, 15) is 4.79 Å². The molecule has 5 nitrogen and oxygen atoms in total. The van der Waals surface area contributed by atoms with Crippen LogP contribution in [0.15, 0.2) is 34.9 Å². The number of carboxylic acids is 1. The number of anilines is 1. The van der Waals surface area contributed by atoms with Gasteiger partial charge in [-0.3, -0.25) is 0 Å². The number of nitrogens with zero attached hydrogens (tertiary/aromatic N) is 1. The normalized spacial score (nSPS) is 12.3. The molecule has 0 spiro atoms. The zero-order valence-corrected chi connectivity index (χ0v) is 11.8. The summed E-state index contributed by atoms with van der Waals surface area (Å²) in [4.78, 5) is 15.1. The maximum absolute atomic E-state index is 10.9. The highest BCUT2D eigenvalue weighted by atomic mass is 79.9. The van der Waals surface area contributed by atoms with Gasteiger partial charge in [0.2, 0.25) is 0 Å². The van der Waals surface area contributed by atoms with Gasteiger partial charge in [-0.15, -0.1) is 0 Å². The Morgan fingerprint density at radius 3 is 2.95 bits per heavy atom. The fourth-order valence-electron chi connectivity index (χ4n) is 1.77. The van der Waals surface area contributed by atoms with Crippen LogP contribution in [0.1, 0.15) is 0 Å². The fraction of sp³-hybridized carbons (Fsp3) is 0.231. The van der Waals surface area contributed by atoms with Crippen molar-refractivity contribution in [2.45, 2.75) is 6.10 Å². The molecule has 2 rings (SSSR count). The Morgan fingerprint density at radius 1 is 1.47 bits per heavy atom. The number of halogens is 1. The van der Waals surface area contributed by atoms with E-state index in [-0.39, 0.29) is 6.54 Å². The molecule has 0 aliphatic carbocycles. The number of carboxylic acid groups (broad SMARTS) is 1. The van der Waals surface area contributed by atoms with Gasteiger partial charge in [-0.05, 0) is 12.1 Å². The Hall–Kier alpha value is -1.66. The van der Waals surface area contributed by atoms with Crippen LogP contribution in [0.25, 0.3) is 10.8 Å². The Labute approximate surface area is 118 Å². The van der Waals surface area contributed by atoms with Crippen molar-refractivity contribution in [2.24, 2.45) is 0 Å². The first-order valence-electron chi connectivity index (χ1n) is 5.66. The Morgan fingerprint density at radius 2 is 2.26 bits per heavy atom. The summed E-state index contributed by atoms with van der Waals surface area (Å²) in [5.74, 6) is -0.362. The van der Waals surface area contributed by atoms with E-state index in [1.807, 2.05) is 24.3 Å². The van der Waals surface area contributed by atoms with E-state index in [4.69, 9.17) is 9.84 Å². The molecule has 0 radical (unpaired) electrons. The van der Waals surface area contributed by atoms with Crippen molar-refractivity contribution in [3.05, 3.63) is 34.9 Å².